The van der Waals surface area contributed by atoms with Gasteiger partial charge >= 0.3 is 0 Å². The van der Waals surface area contributed by atoms with E-state index in [1.54, 1.807) is 0 Å². The van der Waals surface area contributed by atoms with Crippen molar-refractivity contribution >= 4 is 0 Å². The van der Waals surface area contributed by atoms with Gasteiger partial charge in [0, 0.05) is 6.04 Å². The number of aliphatic hydroxyl groups is 1. The fraction of sp³-hybridized carbons (Fsp3) is 0.571. The molecule has 1 aromatic carbocycles. The second-order valence-electron chi connectivity index (χ2n) is 4.91. The number of rotatable bonds is 2. The van der Waals surface area contributed by atoms with E-state index in [2.05, 4.69) is 37.4 Å². The third-order valence-corrected chi connectivity index (χ3v) is 3.59. The van der Waals surface area contributed by atoms with Gasteiger partial charge < -0.3 is 10.4 Å². The number of hydrogen-bond acceptors (Lipinski definition) is 2. The maximum Gasteiger partial charge on any atom is 0.0584 e. The molecule has 0 aromatic heterocycles. The van der Waals surface area contributed by atoms with Crippen LogP contribution in [0.4, 0.5) is 0 Å². The Bertz CT molecular complexity index is 362. The molecule has 2 atom stereocenters. The van der Waals surface area contributed by atoms with Crippen molar-refractivity contribution in [2.45, 2.75) is 38.6 Å². The van der Waals surface area contributed by atoms with Crippen LogP contribution >= 0.6 is 0 Å². The zero-order chi connectivity index (χ0) is 11.5. The average Bonchev–Trinajstić information content (AvgIpc) is 2.32. The first-order valence-electron chi connectivity index (χ1n) is 6.12. The van der Waals surface area contributed by atoms with E-state index >= 15 is 0 Å². The Kier molecular flexibility index (Phi) is 3.62. The third kappa shape index (κ3) is 2.45. The highest BCUT2D eigenvalue weighted by Gasteiger charge is 2.23. The highest BCUT2D eigenvalue weighted by molar-refractivity contribution is 5.33. The Labute approximate surface area is 97.7 Å². The second kappa shape index (κ2) is 4.98. The molecule has 2 N–H and O–H groups in total. The van der Waals surface area contributed by atoms with E-state index in [4.69, 9.17) is 0 Å². The molecule has 16 heavy (non-hydrogen) atoms. The second-order valence-corrected chi connectivity index (χ2v) is 4.91. The average molecular weight is 219 g/mol. The number of aryl methyl sites for hydroxylation is 2. The van der Waals surface area contributed by atoms with Gasteiger partial charge in [-0.05, 0) is 50.3 Å². The quantitative estimate of drug-likeness (QED) is 0.798. The van der Waals surface area contributed by atoms with Gasteiger partial charge in [0.1, 0.15) is 0 Å². The van der Waals surface area contributed by atoms with Gasteiger partial charge in [-0.15, -0.1) is 0 Å². The SMILES string of the molecule is Cc1ccc(C)c(C2CCNC(CO)C2)c1. The first-order valence-corrected chi connectivity index (χ1v) is 6.12. The molecule has 1 aromatic rings. The van der Waals surface area contributed by atoms with Crippen LogP contribution in [-0.4, -0.2) is 24.3 Å². The lowest BCUT2D eigenvalue weighted by atomic mass is 9.84. The molecule has 0 amide bonds. The lowest BCUT2D eigenvalue weighted by Gasteiger charge is -2.30. The number of benzene rings is 1. The topological polar surface area (TPSA) is 32.3 Å². The Morgan fingerprint density at radius 3 is 2.94 bits per heavy atom. The first-order chi connectivity index (χ1) is 7.70. The molecule has 2 unspecified atom stereocenters. The monoisotopic (exact) mass is 219 g/mol. The molecule has 0 radical (unpaired) electrons. The minimum Gasteiger partial charge on any atom is -0.395 e. The van der Waals surface area contributed by atoms with Gasteiger partial charge in [-0.3, -0.25) is 0 Å². The summed E-state index contributed by atoms with van der Waals surface area (Å²) < 4.78 is 0. The lowest BCUT2D eigenvalue weighted by molar-refractivity contribution is 0.210. The van der Waals surface area contributed by atoms with Gasteiger partial charge in [0.2, 0.25) is 0 Å². The Balaban J connectivity index is 2.19. The molecular weight excluding hydrogens is 198 g/mol. The molecule has 2 heteroatoms. The molecule has 0 spiro atoms. The van der Waals surface area contributed by atoms with Gasteiger partial charge in [-0.2, -0.15) is 0 Å². The minimum absolute atomic E-state index is 0.251. The predicted octanol–water partition coefficient (Wildman–Crippen LogP) is 2.13. The summed E-state index contributed by atoms with van der Waals surface area (Å²) in [4.78, 5) is 0. The van der Waals surface area contributed by atoms with Crippen LogP contribution < -0.4 is 5.32 Å². The summed E-state index contributed by atoms with van der Waals surface area (Å²) in [5.74, 6) is 0.610. The van der Waals surface area contributed by atoms with E-state index in [1.807, 2.05) is 0 Å². The van der Waals surface area contributed by atoms with Crippen LogP contribution in [0.25, 0.3) is 0 Å². The van der Waals surface area contributed by atoms with Crippen molar-refractivity contribution in [3.05, 3.63) is 34.9 Å². The zero-order valence-electron chi connectivity index (χ0n) is 10.2. The normalized spacial score (nSPS) is 25.7. The number of aliphatic hydroxyl groups excluding tert-OH is 1. The standard InChI is InChI=1S/C14H21NO/c1-10-3-4-11(2)14(7-10)12-5-6-15-13(8-12)9-16/h3-4,7,12-13,15-16H,5-6,8-9H2,1-2H3. The summed E-state index contributed by atoms with van der Waals surface area (Å²) >= 11 is 0. The van der Waals surface area contributed by atoms with Crippen molar-refractivity contribution in [2.24, 2.45) is 0 Å². The molecule has 1 fully saturated rings. The minimum atomic E-state index is 0.251. The summed E-state index contributed by atoms with van der Waals surface area (Å²) in [6.07, 6.45) is 2.24. The molecule has 1 aliphatic heterocycles. The molecule has 1 heterocycles. The van der Waals surface area contributed by atoms with Crippen molar-refractivity contribution in [1.29, 1.82) is 0 Å². The summed E-state index contributed by atoms with van der Waals surface area (Å²) in [7, 11) is 0. The third-order valence-electron chi connectivity index (χ3n) is 3.59. The van der Waals surface area contributed by atoms with Gasteiger partial charge in [-0.1, -0.05) is 23.8 Å². The zero-order valence-corrected chi connectivity index (χ0v) is 10.2. The number of hydrogen-bond donors (Lipinski definition) is 2. The molecule has 88 valence electrons. The maximum atomic E-state index is 9.22. The lowest BCUT2D eigenvalue weighted by Crippen LogP contribution is -2.39. The summed E-state index contributed by atoms with van der Waals surface area (Å²) in [5.41, 5.74) is 4.19. The Morgan fingerprint density at radius 2 is 2.19 bits per heavy atom. The van der Waals surface area contributed by atoms with Crippen LogP contribution in [0.2, 0.25) is 0 Å². The van der Waals surface area contributed by atoms with Crippen LogP contribution in [0.3, 0.4) is 0 Å². The molecule has 2 rings (SSSR count). The Hall–Kier alpha value is -0.860. The molecule has 0 bridgehead atoms. The predicted molar refractivity (Wildman–Crippen MR) is 66.8 cm³/mol. The molecule has 1 aliphatic rings. The summed E-state index contributed by atoms with van der Waals surface area (Å²) in [6.45, 7) is 5.60. The fourth-order valence-electron chi connectivity index (χ4n) is 2.63. The summed E-state index contributed by atoms with van der Waals surface area (Å²) in [6, 6.07) is 6.96. The van der Waals surface area contributed by atoms with Gasteiger partial charge in [0.25, 0.3) is 0 Å². The van der Waals surface area contributed by atoms with Crippen molar-refractivity contribution < 1.29 is 5.11 Å². The molecule has 0 aliphatic carbocycles. The van der Waals surface area contributed by atoms with Crippen LogP contribution in [0, 0.1) is 13.8 Å². The van der Waals surface area contributed by atoms with Crippen molar-refractivity contribution in [3.63, 3.8) is 0 Å². The highest BCUT2D eigenvalue weighted by Crippen LogP contribution is 2.30. The van der Waals surface area contributed by atoms with Crippen LogP contribution in [0.1, 0.15) is 35.4 Å². The highest BCUT2D eigenvalue weighted by atomic mass is 16.3. The van der Waals surface area contributed by atoms with Crippen LogP contribution in [-0.2, 0) is 0 Å². The Morgan fingerprint density at radius 1 is 1.38 bits per heavy atom. The smallest absolute Gasteiger partial charge is 0.0584 e. The van der Waals surface area contributed by atoms with Crippen molar-refractivity contribution in [3.8, 4) is 0 Å². The molecular formula is C14H21NO. The van der Waals surface area contributed by atoms with E-state index in [0.717, 1.165) is 13.0 Å². The maximum absolute atomic E-state index is 9.22. The van der Waals surface area contributed by atoms with Gasteiger partial charge in [-0.25, -0.2) is 0 Å². The largest absolute Gasteiger partial charge is 0.395 e. The van der Waals surface area contributed by atoms with E-state index in [-0.39, 0.29) is 12.6 Å². The first kappa shape index (κ1) is 11.6. The van der Waals surface area contributed by atoms with E-state index in [0.29, 0.717) is 5.92 Å². The number of nitrogens with one attached hydrogen (secondary N) is 1. The molecule has 0 saturated carbocycles. The van der Waals surface area contributed by atoms with Crippen LogP contribution in [0.15, 0.2) is 18.2 Å². The molecule has 2 nitrogen and oxygen atoms in total. The fourth-order valence-corrected chi connectivity index (χ4v) is 2.63. The molecule has 1 saturated heterocycles. The summed E-state index contributed by atoms with van der Waals surface area (Å²) in [5, 5.41) is 12.6. The van der Waals surface area contributed by atoms with Crippen molar-refractivity contribution in [2.75, 3.05) is 13.2 Å². The van der Waals surface area contributed by atoms with Crippen LogP contribution in [0.5, 0.6) is 0 Å². The van der Waals surface area contributed by atoms with Crippen molar-refractivity contribution in [1.82, 2.24) is 5.32 Å². The van der Waals surface area contributed by atoms with E-state index < -0.39 is 0 Å². The van der Waals surface area contributed by atoms with Gasteiger partial charge in [0.05, 0.1) is 6.61 Å². The van der Waals surface area contributed by atoms with E-state index in [9.17, 15) is 5.11 Å². The van der Waals surface area contributed by atoms with E-state index in [1.165, 1.54) is 23.1 Å². The number of piperidine rings is 1. The van der Waals surface area contributed by atoms with Gasteiger partial charge in [0.15, 0.2) is 0 Å².